The van der Waals surface area contributed by atoms with E-state index in [0.717, 1.165) is 6.07 Å². The molecule has 0 bridgehead atoms. The van der Waals surface area contributed by atoms with Crippen LogP contribution in [0.1, 0.15) is 18.4 Å². The highest BCUT2D eigenvalue weighted by molar-refractivity contribution is 7.91. The van der Waals surface area contributed by atoms with Crippen molar-refractivity contribution in [3.63, 3.8) is 0 Å². The average molecular weight is 557 g/mol. The number of imidazole rings is 1. The molecule has 37 heavy (non-hydrogen) atoms. The minimum Gasteiger partial charge on any atom is -0.341 e. The molecule has 1 aromatic heterocycles. The summed E-state index contributed by atoms with van der Waals surface area (Å²) in [6.45, 7) is 0.471. The molecule has 4 rings (SSSR count). The van der Waals surface area contributed by atoms with E-state index in [9.17, 15) is 34.8 Å². The molecule has 1 aliphatic rings. The molecule has 3 aromatic rings. The number of alkyl halides is 3. The van der Waals surface area contributed by atoms with Gasteiger partial charge in [0.1, 0.15) is 6.54 Å². The van der Waals surface area contributed by atoms with Crippen LogP contribution in [-0.2, 0) is 37.4 Å². The van der Waals surface area contributed by atoms with Crippen molar-refractivity contribution >= 4 is 25.8 Å². The number of nitrogens with one attached hydrogen (secondary N) is 1. The topological polar surface area (TPSA) is 118 Å². The molecule has 0 saturated carbocycles. The average Bonchev–Trinajstić information content (AvgIpc) is 3.37. The van der Waals surface area contributed by atoms with Gasteiger partial charge < -0.3 is 9.47 Å². The summed E-state index contributed by atoms with van der Waals surface area (Å²) >= 11 is 0. The summed E-state index contributed by atoms with van der Waals surface area (Å²) < 4.78 is 97.1. The third kappa shape index (κ3) is 6.02. The fraction of sp³-hybridized carbons (Fsp3) is 0.304. The van der Waals surface area contributed by atoms with E-state index >= 15 is 0 Å². The van der Waals surface area contributed by atoms with Gasteiger partial charge in [0.25, 0.3) is 0 Å². The first-order valence-corrected chi connectivity index (χ1v) is 14.1. The minimum absolute atomic E-state index is 0.0635. The van der Waals surface area contributed by atoms with Crippen LogP contribution < -0.4 is 4.72 Å². The molecule has 0 aliphatic carbocycles. The standard InChI is InChI=1S/C23H23F3N4O5S2/c24-23(25,26)20-7-6-19(36(32,33)18-4-2-1-3-5-18)14-21(20)37(34,35)28-17-8-11-30(12-9-17)22(31)15-29-13-10-27-16-29/h1-7,10,13-14,16-17,28H,8-9,11-12,15H2. The Kier molecular flexibility index (Phi) is 7.44. The van der Waals surface area contributed by atoms with Crippen molar-refractivity contribution in [1.29, 1.82) is 0 Å². The predicted molar refractivity (Wildman–Crippen MR) is 125 cm³/mol. The van der Waals surface area contributed by atoms with Crippen molar-refractivity contribution in [2.45, 2.75) is 46.3 Å². The zero-order chi connectivity index (χ0) is 26.8. The summed E-state index contributed by atoms with van der Waals surface area (Å²) in [7, 11) is -9.03. The lowest BCUT2D eigenvalue weighted by molar-refractivity contribution is -0.140. The van der Waals surface area contributed by atoms with Gasteiger partial charge in [0.2, 0.25) is 25.8 Å². The third-order valence-corrected chi connectivity index (χ3v) is 9.29. The molecule has 1 amide bonds. The van der Waals surface area contributed by atoms with E-state index in [-0.39, 0.29) is 43.3 Å². The molecule has 1 saturated heterocycles. The Labute approximate surface area is 211 Å². The summed E-state index contributed by atoms with van der Waals surface area (Å²) in [5.41, 5.74) is -1.47. The number of nitrogens with zero attached hydrogens (tertiary/aromatic N) is 3. The quantitative estimate of drug-likeness (QED) is 0.478. The van der Waals surface area contributed by atoms with E-state index in [1.54, 1.807) is 21.7 Å². The summed E-state index contributed by atoms with van der Waals surface area (Å²) in [4.78, 5) is 15.9. The Bertz CT molecular complexity index is 1470. The van der Waals surface area contributed by atoms with Crippen LogP contribution >= 0.6 is 0 Å². The number of sulfonamides is 1. The molecular formula is C23H23F3N4O5S2. The predicted octanol–water partition coefficient (Wildman–Crippen LogP) is 2.70. The van der Waals surface area contributed by atoms with Gasteiger partial charge in [0, 0.05) is 31.5 Å². The second-order valence-electron chi connectivity index (χ2n) is 8.48. The lowest BCUT2D eigenvalue weighted by atomic mass is 10.1. The van der Waals surface area contributed by atoms with Crippen molar-refractivity contribution in [2.75, 3.05) is 13.1 Å². The largest absolute Gasteiger partial charge is 0.417 e. The van der Waals surface area contributed by atoms with E-state index in [4.69, 9.17) is 0 Å². The van der Waals surface area contributed by atoms with Gasteiger partial charge in [-0.1, -0.05) is 18.2 Å². The number of amides is 1. The highest BCUT2D eigenvalue weighted by Gasteiger charge is 2.39. The Morgan fingerprint density at radius 2 is 1.68 bits per heavy atom. The Morgan fingerprint density at radius 3 is 2.27 bits per heavy atom. The molecule has 1 fully saturated rings. The van der Waals surface area contributed by atoms with Gasteiger partial charge in [0.05, 0.1) is 26.6 Å². The Balaban J connectivity index is 1.55. The number of carbonyl (C=O) groups excluding carboxylic acids is 1. The maximum absolute atomic E-state index is 13.7. The lowest BCUT2D eigenvalue weighted by Gasteiger charge is -2.32. The molecule has 2 aromatic carbocycles. The number of piperidine rings is 1. The molecule has 1 aliphatic heterocycles. The molecule has 9 nitrogen and oxygen atoms in total. The zero-order valence-corrected chi connectivity index (χ0v) is 20.9. The van der Waals surface area contributed by atoms with Crippen molar-refractivity contribution < 1.29 is 34.8 Å². The number of hydrogen-bond acceptors (Lipinski definition) is 6. The van der Waals surface area contributed by atoms with Gasteiger partial charge in [-0.3, -0.25) is 4.79 Å². The van der Waals surface area contributed by atoms with E-state index < -0.39 is 47.4 Å². The zero-order valence-electron chi connectivity index (χ0n) is 19.3. The number of benzene rings is 2. The van der Waals surface area contributed by atoms with Crippen molar-refractivity contribution in [3.05, 3.63) is 72.8 Å². The van der Waals surface area contributed by atoms with Crippen LogP contribution in [-0.4, -0.2) is 56.3 Å². The maximum atomic E-state index is 13.7. The van der Waals surface area contributed by atoms with Crippen molar-refractivity contribution in [3.8, 4) is 0 Å². The van der Waals surface area contributed by atoms with Gasteiger partial charge in [-0.2, -0.15) is 13.2 Å². The van der Waals surface area contributed by atoms with Crippen LogP contribution in [0.15, 0.2) is 81.9 Å². The third-order valence-electron chi connectivity index (χ3n) is 5.96. The van der Waals surface area contributed by atoms with E-state index in [1.807, 2.05) is 0 Å². The molecule has 0 radical (unpaired) electrons. The van der Waals surface area contributed by atoms with Gasteiger partial charge in [-0.25, -0.2) is 26.5 Å². The highest BCUT2D eigenvalue weighted by Crippen LogP contribution is 2.36. The number of aromatic nitrogens is 2. The summed E-state index contributed by atoms with van der Waals surface area (Å²) in [5.74, 6) is -0.197. The van der Waals surface area contributed by atoms with E-state index in [1.165, 1.54) is 36.8 Å². The smallest absolute Gasteiger partial charge is 0.341 e. The Hall–Kier alpha value is -3.23. The van der Waals surface area contributed by atoms with Crippen LogP contribution in [0, 0.1) is 0 Å². The summed E-state index contributed by atoms with van der Waals surface area (Å²) in [6, 6.07) is 8.00. The van der Waals surface area contributed by atoms with Crippen LogP contribution in [0.5, 0.6) is 0 Å². The van der Waals surface area contributed by atoms with Crippen LogP contribution in [0.25, 0.3) is 0 Å². The second kappa shape index (κ2) is 10.3. The van der Waals surface area contributed by atoms with Crippen LogP contribution in [0.2, 0.25) is 0 Å². The molecule has 14 heteroatoms. The van der Waals surface area contributed by atoms with Gasteiger partial charge in [-0.15, -0.1) is 0 Å². The SMILES string of the molecule is O=C(Cn1ccnc1)N1CCC(NS(=O)(=O)c2cc(S(=O)(=O)c3ccccc3)ccc2C(F)(F)F)CC1. The summed E-state index contributed by atoms with van der Waals surface area (Å²) in [5, 5.41) is 0. The molecule has 0 atom stereocenters. The molecule has 2 heterocycles. The van der Waals surface area contributed by atoms with Crippen LogP contribution in [0.4, 0.5) is 13.2 Å². The first-order valence-electron chi connectivity index (χ1n) is 11.2. The van der Waals surface area contributed by atoms with E-state index in [0.29, 0.717) is 12.1 Å². The first kappa shape index (κ1) is 26.8. The molecule has 0 unspecified atom stereocenters. The second-order valence-corrected chi connectivity index (χ2v) is 12.1. The number of sulfone groups is 1. The van der Waals surface area contributed by atoms with Crippen molar-refractivity contribution in [2.24, 2.45) is 0 Å². The molecule has 1 N–H and O–H groups in total. The number of carbonyl (C=O) groups is 1. The molecular weight excluding hydrogens is 533 g/mol. The minimum atomic E-state index is -5.04. The summed E-state index contributed by atoms with van der Waals surface area (Å²) in [6.07, 6.45) is -0.0332. The number of rotatable bonds is 7. The molecule has 198 valence electrons. The Morgan fingerprint density at radius 1 is 1.00 bits per heavy atom. The van der Waals surface area contributed by atoms with Gasteiger partial charge in [0.15, 0.2) is 0 Å². The van der Waals surface area contributed by atoms with Gasteiger partial charge >= 0.3 is 6.18 Å². The number of likely N-dealkylation sites (tertiary alicyclic amines) is 1. The van der Waals surface area contributed by atoms with Crippen LogP contribution in [0.3, 0.4) is 0 Å². The highest BCUT2D eigenvalue weighted by atomic mass is 32.2. The number of halogens is 3. The molecule has 0 spiro atoms. The van der Waals surface area contributed by atoms with Gasteiger partial charge in [-0.05, 0) is 43.2 Å². The lowest BCUT2D eigenvalue weighted by Crippen LogP contribution is -2.47. The number of hydrogen-bond donors (Lipinski definition) is 1. The fourth-order valence-corrected chi connectivity index (χ4v) is 6.97. The van der Waals surface area contributed by atoms with E-state index in [2.05, 4.69) is 9.71 Å². The monoisotopic (exact) mass is 556 g/mol. The first-order chi connectivity index (χ1) is 17.4. The normalized spacial score (nSPS) is 15.6. The van der Waals surface area contributed by atoms with Crippen molar-refractivity contribution in [1.82, 2.24) is 19.2 Å². The maximum Gasteiger partial charge on any atom is 0.417 e. The fourth-order valence-electron chi connectivity index (χ4n) is 4.03.